The van der Waals surface area contributed by atoms with Gasteiger partial charge in [0.05, 0.1) is 6.21 Å². The lowest BCUT2D eigenvalue weighted by Gasteiger charge is -2.05. The predicted molar refractivity (Wildman–Crippen MR) is 88.5 cm³/mol. The first-order valence-electron chi connectivity index (χ1n) is 6.91. The molecule has 1 aromatic carbocycles. The Morgan fingerprint density at radius 2 is 2.12 bits per heavy atom. The zero-order valence-corrected chi connectivity index (χ0v) is 13.3. The molecule has 0 fully saturated rings. The van der Waals surface area contributed by atoms with Gasteiger partial charge in [0.25, 0.3) is 5.91 Å². The number of carbonyl (C=O) groups excluding carboxylic acids is 1. The van der Waals surface area contributed by atoms with E-state index in [2.05, 4.69) is 20.8 Å². The fraction of sp³-hybridized carbons (Fsp3) is 0.133. The molecule has 1 heterocycles. The van der Waals surface area contributed by atoms with Crippen molar-refractivity contribution < 1.29 is 19.6 Å². The summed E-state index contributed by atoms with van der Waals surface area (Å²) in [4.78, 5) is 15.7. The number of amides is 1. The van der Waals surface area contributed by atoms with E-state index < -0.39 is 5.91 Å². The molecular formula is C15H18N6O4. The van der Waals surface area contributed by atoms with Crippen molar-refractivity contribution in [1.82, 2.24) is 16.6 Å². The minimum absolute atomic E-state index is 0. The molecule has 2 aromatic rings. The summed E-state index contributed by atoms with van der Waals surface area (Å²) in [5.41, 5.74) is 3.74. The van der Waals surface area contributed by atoms with Crippen LogP contribution < -0.4 is 16.3 Å². The number of hydrogen-bond donors (Lipinski definition) is 3. The maximum absolute atomic E-state index is 11.6. The van der Waals surface area contributed by atoms with Gasteiger partial charge in [-0.15, -0.1) is 0 Å². The van der Waals surface area contributed by atoms with Crippen molar-refractivity contribution in [3.8, 4) is 5.75 Å². The van der Waals surface area contributed by atoms with E-state index >= 15 is 0 Å². The Morgan fingerprint density at radius 1 is 1.36 bits per heavy atom. The van der Waals surface area contributed by atoms with Crippen molar-refractivity contribution in [3.05, 3.63) is 65.1 Å². The number of ether oxygens (including phenoxy) is 1. The standard InChI is InChI=1S/C15H15N5O4.H3N/c21-15(18-17-9-13-2-1-7-16-8-13)11-24-14-5-3-12(4-6-14)10-20(23)19-22;/h1-9,22H,10-11H2,(H,18,21);1H3/b17-9+,20-19?;. The maximum Gasteiger partial charge on any atom is 0.277 e. The summed E-state index contributed by atoms with van der Waals surface area (Å²) in [5, 5.41) is 25.5. The number of benzene rings is 1. The van der Waals surface area contributed by atoms with E-state index in [4.69, 9.17) is 9.94 Å². The number of rotatable bonds is 7. The van der Waals surface area contributed by atoms with Crippen LogP contribution in [0.2, 0.25) is 0 Å². The number of nitrogens with zero attached hydrogens (tertiary/aromatic N) is 4. The van der Waals surface area contributed by atoms with Gasteiger partial charge in [-0.3, -0.25) is 9.78 Å². The van der Waals surface area contributed by atoms with Crippen LogP contribution in [0.4, 0.5) is 0 Å². The van der Waals surface area contributed by atoms with Crippen LogP contribution in [-0.4, -0.2) is 33.8 Å². The highest BCUT2D eigenvalue weighted by atomic mass is 16.6. The number of aromatic nitrogens is 1. The van der Waals surface area contributed by atoms with E-state index in [1.54, 1.807) is 48.8 Å². The number of hydroxylamine groups is 1. The highest BCUT2D eigenvalue weighted by Crippen LogP contribution is 2.12. The third kappa shape index (κ3) is 7.05. The number of carbonyl (C=O) groups is 1. The van der Waals surface area contributed by atoms with Crippen molar-refractivity contribution in [2.75, 3.05) is 6.61 Å². The zero-order valence-electron chi connectivity index (χ0n) is 13.3. The SMILES string of the molecule is N.O=C(COc1ccc(C[N+]([O-])=NO)cc1)N/N=C/c1cccnc1. The highest BCUT2D eigenvalue weighted by Gasteiger charge is 2.04. The second kappa shape index (κ2) is 10.3. The van der Waals surface area contributed by atoms with Crippen molar-refractivity contribution in [2.45, 2.75) is 6.54 Å². The van der Waals surface area contributed by atoms with E-state index in [1.165, 1.54) is 6.21 Å². The molecule has 0 spiro atoms. The van der Waals surface area contributed by atoms with Crippen LogP contribution in [0.5, 0.6) is 5.75 Å². The van der Waals surface area contributed by atoms with Gasteiger partial charge < -0.3 is 21.3 Å². The Hall–Kier alpha value is -3.53. The summed E-state index contributed by atoms with van der Waals surface area (Å²) in [6, 6.07) is 10.0. The number of hydrogen-bond acceptors (Lipinski definition) is 7. The van der Waals surface area contributed by atoms with Crippen LogP contribution in [0.1, 0.15) is 11.1 Å². The van der Waals surface area contributed by atoms with Crippen LogP contribution >= 0.6 is 0 Å². The summed E-state index contributed by atoms with van der Waals surface area (Å²) in [5.74, 6) is 0.0487. The molecule has 0 saturated carbocycles. The van der Waals surface area contributed by atoms with Crippen LogP contribution in [-0.2, 0) is 11.3 Å². The molecule has 0 aliphatic heterocycles. The van der Waals surface area contributed by atoms with E-state index in [-0.39, 0.29) is 24.2 Å². The first kappa shape index (κ1) is 19.5. The van der Waals surface area contributed by atoms with Gasteiger partial charge in [-0.1, -0.05) is 10.9 Å². The maximum atomic E-state index is 11.6. The Balaban J connectivity index is 0.00000312. The Labute approximate surface area is 143 Å². The first-order chi connectivity index (χ1) is 11.7. The molecule has 10 heteroatoms. The topological polar surface area (TPSA) is 157 Å². The molecule has 132 valence electrons. The molecule has 1 aromatic heterocycles. The van der Waals surface area contributed by atoms with E-state index in [1.807, 2.05) is 0 Å². The summed E-state index contributed by atoms with van der Waals surface area (Å²) in [6.45, 7) is -0.288. The number of pyridine rings is 1. The van der Waals surface area contributed by atoms with Crippen LogP contribution in [0.15, 0.2) is 59.2 Å². The molecule has 1 amide bonds. The van der Waals surface area contributed by atoms with Crippen LogP contribution in [0.25, 0.3) is 0 Å². The average molecular weight is 346 g/mol. The fourth-order valence-corrected chi connectivity index (χ4v) is 1.69. The van der Waals surface area contributed by atoms with Gasteiger partial charge in [0.1, 0.15) is 5.75 Å². The smallest absolute Gasteiger partial charge is 0.277 e. The summed E-state index contributed by atoms with van der Waals surface area (Å²) in [7, 11) is 0. The van der Waals surface area contributed by atoms with E-state index in [0.717, 1.165) is 5.56 Å². The normalized spacial score (nSPS) is 11.0. The van der Waals surface area contributed by atoms with Crippen molar-refractivity contribution >= 4 is 12.1 Å². The van der Waals surface area contributed by atoms with Gasteiger partial charge >= 0.3 is 0 Å². The molecule has 0 radical (unpaired) electrons. The Morgan fingerprint density at radius 3 is 2.76 bits per heavy atom. The summed E-state index contributed by atoms with van der Waals surface area (Å²) in [6.07, 6.45) is 4.73. The minimum atomic E-state index is -0.413. The minimum Gasteiger partial charge on any atom is -0.597 e. The fourth-order valence-electron chi connectivity index (χ4n) is 1.69. The molecule has 0 unspecified atom stereocenters. The van der Waals surface area contributed by atoms with Gasteiger partial charge in [0, 0.05) is 23.5 Å². The van der Waals surface area contributed by atoms with Gasteiger partial charge in [-0.25, -0.2) is 5.43 Å². The molecule has 0 saturated heterocycles. The lowest BCUT2D eigenvalue weighted by Crippen LogP contribution is -2.24. The third-order valence-corrected chi connectivity index (χ3v) is 2.80. The van der Waals surface area contributed by atoms with Crippen LogP contribution in [0.3, 0.4) is 0 Å². The average Bonchev–Trinajstić information content (AvgIpc) is 2.62. The monoisotopic (exact) mass is 346 g/mol. The number of nitrogens with one attached hydrogen (secondary N) is 1. The first-order valence-corrected chi connectivity index (χ1v) is 6.91. The molecule has 0 atom stereocenters. The Kier molecular flexibility index (Phi) is 8.03. The summed E-state index contributed by atoms with van der Waals surface area (Å²) < 4.78 is 5.29. The van der Waals surface area contributed by atoms with E-state index in [9.17, 15) is 10.0 Å². The molecule has 2 rings (SSSR count). The quantitative estimate of drug-likeness (QED) is 0.299. The lowest BCUT2D eigenvalue weighted by atomic mass is 10.2. The predicted octanol–water partition coefficient (Wildman–Crippen LogP) is 1.62. The van der Waals surface area contributed by atoms with Crippen molar-refractivity contribution in [2.24, 2.45) is 10.4 Å². The third-order valence-electron chi connectivity index (χ3n) is 2.80. The molecule has 10 nitrogen and oxygen atoms in total. The molecule has 0 aliphatic carbocycles. The Bertz CT molecular complexity index is 719. The van der Waals surface area contributed by atoms with Gasteiger partial charge in [-0.05, 0) is 30.3 Å². The van der Waals surface area contributed by atoms with Gasteiger partial charge in [0.15, 0.2) is 11.9 Å². The van der Waals surface area contributed by atoms with Crippen molar-refractivity contribution in [3.63, 3.8) is 0 Å². The van der Waals surface area contributed by atoms with E-state index in [0.29, 0.717) is 11.3 Å². The molecule has 25 heavy (non-hydrogen) atoms. The summed E-state index contributed by atoms with van der Waals surface area (Å²) >= 11 is 0. The van der Waals surface area contributed by atoms with Crippen LogP contribution in [0, 0.1) is 5.21 Å². The van der Waals surface area contributed by atoms with Crippen molar-refractivity contribution in [1.29, 1.82) is 0 Å². The second-order valence-corrected chi connectivity index (χ2v) is 4.61. The molecule has 5 N–H and O–H groups in total. The van der Waals surface area contributed by atoms with Gasteiger partial charge in [-0.2, -0.15) is 5.10 Å². The second-order valence-electron chi connectivity index (χ2n) is 4.61. The lowest BCUT2D eigenvalue weighted by molar-refractivity contribution is -0.570. The largest absolute Gasteiger partial charge is 0.597 e. The van der Waals surface area contributed by atoms with Gasteiger partial charge in [0.2, 0.25) is 6.54 Å². The number of hydrazone groups is 1. The zero-order chi connectivity index (χ0) is 17.2. The highest BCUT2D eigenvalue weighted by molar-refractivity contribution is 5.82. The molecule has 0 aliphatic rings. The molecular weight excluding hydrogens is 328 g/mol. The molecule has 0 bridgehead atoms.